The Balaban J connectivity index is 0.000000390. The van der Waals surface area contributed by atoms with E-state index in [0.29, 0.717) is 29.1 Å². The third-order valence-corrected chi connectivity index (χ3v) is 4.34. The number of aliphatic carboxylic acids is 2. The fourth-order valence-electron chi connectivity index (χ4n) is 2.88. The first-order valence-corrected chi connectivity index (χ1v) is 9.43. The lowest BCUT2D eigenvalue weighted by molar-refractivity contribution is -0.134. The van der Waals surface area contributed by atoms with Gasteiger partial charge in [0.1, 0.15) is 11.4 Å². The first kappa shape index (κ1) is 24.2. The van der Waals surface area contributed by atoms with E-state index in [4.69, 9.17) is 10.2 Å². The van der Waals surface area contributed by atoms with E-state index >= 15 is 0 Å². The third-order valence-electron chi connectivity index (χ3n) is 4.34. The molecule has 0 fully saturated rings. The normalized spacial score (nSPS) is 14.3. The molecule has 1 aliphatic rings. The van der Waals surface area contributed by atoms with Gasteiger partial charge in [0.15, 0.2) is 0 Å². The van der Waals surface area contributed by atoms with E-state index < -0.39 is 11.9 Å². The summed E-state index contributed by atoms with van der Waals surface area (Å²) in [5.74, 6) is -2.75. The average Bonchev–Trinajstić information content (AvgIpc) is 3.22. The molecule has 3 rings (SSSR count). The van der Waals surface area contributed by atoms with Crippen molar-refractivity contribution in [1.29, 1.82) is 0 Å². The van der Waals surface area contributed by atoms with Crippen molar-refractivity contribution >= 4 is 29.6 Å². The van der Waals surface area contributed by atoms with Crippen molar-refractivity contribution in [2.45, 2.75) is 20.4 Å². The summed E-state index contributed by atoms with van der Waals surface area (Å²) in [5, 5.41) is 19.7. The fourth-order valence-corrected chi connectivity index (χ4v) is 2.88. The standard InChI is InChI=1S/C17H20N6O.C4H4O4/c1-10-13(9-23(3)4)11(2)20-14(10)7-12-16(21-22-17(12)24)15-8-18-5-6-19-15;5-3(6)1-2-4(7)8/h5-8,20H,9H2,1-4H3,(H,22,24);1-2H,(H,5,6)(H,7,8). The molecule has 0 atom stereocenters. The molecule has 1 amide bonds. The number of nitrogens with zero attached hydrogens (tertiary/aromatic N) is 4. The highest BCUT2D eigenvalue weighted by Gasteiger charge is 2.26. The van der Waals surface area contributed by atoms with Gasteiger partial charge in [-0.2, -0.15) is 5.10 Å². The molecule has 32 heavy (non-hydrogen) atoms. The van der Waals surface area contributed by atoms with Gasteiger partial charge in [-0.1, -0.05) is 0 Å². The zero-order chi connectivity index (χ0) is 23.8. The summed E-state index contributed by atoms with van der Waals surface area (Å²) in [6, 6.07) is 0. The fraction of sp³-hybridized carbons (Fsp3) is 0.238. The quantitative estimate of drug-likeness (QED) is 0.486. The first-order chi connectivity index (χ1) is 15.1. The lowest BCUT2D eigenvalue weighted by Gasteiger charge is -2.10. The summed E-state index contributed by atoms with van der Waals surface area (Å²) in [7, 11) is 4.07. The van der Waals surface area contributed by atoms with E-state index in [-0.39, 0.29) is 5.91 Å². The number of aromatic amines is 1. The monoisotopic (exact) mass is 440 g/mol. The molecule has 0 aliphatic carbocycles. The predicted molar refractivity (Wildman–Crippen MR) is 117 cm³/mol. The van der Waals surface area contributed by atoms with Gasteiger partial charge in [-0.25, -0.2) is 15.0 Å². The van der Waals surface area contributed by atoms with Gasteiger partial charge in [0.2, 0.25) is 0 Å². The highest BCUT2D eigenvalue weighted by molar-refractivity contribution is 6.32. The number of carbonyl (C=O) groups excluding carboxylic acids is 1. The van der Waals surface area contributed by atoms with Gasteiger partial charge in [0.25, 0.3) is 5.91 Å². The highest BCUT2D eigenvalue weighted by atomic mass is 16.4. The second-order valence-corrected chi connectivity index (χ2v) is 7.06. The molecule has 0 saturated heterocycles. The molecular weight excluding hydrogens is 416 g/mol. The van der Waals surface area contributed by atoms with Crippen LogP contribution in [0.3, 0.4) is 0 Å². The molecule has 168 valence electrons. The van der Waals surface area contributed by atoms with Crippen LogP contribution in [0.4, 0.5) is 0 Å². The second-order valence-electron chi connectivity index (χ2n) is 7.06. The summed E-state index contributed by atoms with van der Waals surface area (Å²) in [6.07, 6.45) is 7.71. The summed E-state index contributed by atoms with van der Waals surface area (Å²) in [6.45, 7) is 4.94. The number of aryl methyl sites for hydroxylation is 1. The zero-order valence-electron chi connectivity index (χ0n) is 18.1. The van der Waals surface area contributed by atoms with Crippen LogP contribution in [0.2, 0.25) is 0 Å². The van der Waals surface area contributed by atoms with Crippen LogP contribution in [0.25, 0.3) is 6.08 Å². The first-order valence-electron chi connectivity index (χ1n) is 9.43. The van der Waals surface area contributed by atoms with E-state index in [1.807, 2.05) is 27.1 Å². The number of hydrogen-bond acceptors (Lipinski definition) is 7. The van der Waals surface area contributed by atoms with Crippen LogP contribution in [0.15, 0.2) is 41.4 Å². The van der Waals surface area contributed by atoms with Gasteiger partial charge in [-0.05, 0) is 45.1 Å². The van der Waals surface area contributed by atoms with Gasteiger partial charge >= 0.3 is 11.9 Å². The molecule has 0 unspecified atom stereocenters. The van der Waals surface area contributed by atoms with Crippen LogP contribution in [0, 0.1) is 13.8 Å². The molecule has 11 nitrogen and oxygen atoms in total. The molecular formula is C21H24N6O5. The Morgan fingerprint density at radius 3 is 2.31 bits per heavy atom. The number of carbonyl (C=O) groups is 3. The number of nitrogens with one attached hydrogen (secondary N) is 2. The molecule has 1 aliphatic heterocycles. The van der Waals surface area contributed by atoms with Crippen molar-refractivity contribution in [3.63, 3.8) is 0 Å². The van der Waals surface area contributed by atoms with Crippen molar-refractivity contribution in [3.05, 3.63) is 64.5 Å². The Labute approximate surface area is 184 Å². The number of hydrazone groups is 1. The Morgan fingerprint density at radius 1 is 1.12 bits per heavy atom. The minimum absolute atomic E-state index is 0.239. The van der Waals surface area contributed by atoms with Crippen molar-refractivity contribution < 1.29 is 24.6 Å². The molecule has 0 spiro atoms. The van der Waals surface area contributed by atoms with Crippen LogP contribution in [-0.2, 0) is 20.9 Å². The van der Waals surface area contributed by atoms with Crippen LogP contribution < -0.4 is 5.43 Å². The molecule has 2 aromatic heterocycles. The number of rotatable bonds is 6. The minimum atomic E-state index is -1.26. The molecule has 0 bridgehead atoms. The van der Waals surface area contributed by atoms with E-state index in [1.165, 1.54) is 5.56 Å². The summed E-state index contributed by atoms with van der Waals surface area (Å²) in [5.41, 5.74) is 8.44. The summed E-state index contributed by atoms with van der Waals surface area (Å²) >= 11 is 0. The van der Waals surface area contributed by atoms with E-state index in [1.54, 1.807) is 18.6 Å². The largest absolute Gasteiger partial charge is 0.478 e. The van der Waals surface area contributed by atoms with Gasteiger partial charge in [0.05, 0.1) is 11.8 Å². The Hall–Kier alpha value is -4.12. The van der Waals surface area contributed by atoms with E-state index in [2.05, 4.69) is 37.3 Å². The maximum absolute atomic E-state index is 12.2. The lowest BCUT2D eigenvalue weighted by Crippen LogP contribution is -2.14. The van der Waals surface area contributed by atoms with Gasteiger partial charge in [0, 0.05) is 42.5 Å². The molecule has 11 heteroatoms. The maximum atomic E-state index is 12.2. The van der Waals surface area contributed by atoms with E-state index in [9.17, 15) is 14.4 Å². The number of amides is 1. The number of carboxylic acid groups (broad SMARTS) is 2. The number of hydrogen-bond donors (Lipinski definition) is 4. The van der Waals surface area contributed by atoms with Crippen LogP contribution in [-0.4, -0.2) is 67.7 Å². The minimum Gasteiger partial charge on any atom is -0.478 e. The zero-order valence-corrected chi connectivity index (χ0v) is 18.1. The smallest absolute Gasteiger partial charge is 0.328 e. The van der Waals surface area contributed by atoms with Crippen molar-refractivity contribution in [3.8, 4) is 0 Å². The van der Waals surface area contributed by atoms with Crippen LogP contribution in [0.5, 0.6) is 0 Å². The number of H-pyrrole nitrogens is 1. The van der Waals surface area contributed by atoms with Gasteiger partial charge in [-0.3, -0.25) is 14.8 Å². The van der Waals surface area contributed by atoms with E-state index in [0.717, 1.165) is 23.5 Å². The molecule has 3 heterocycles. The lowest BCUT2D eigenvalue weighted by atomic mass is 10.0. The summed E-state index contributed by atoms with van der Waals surface area (Å²) < 4.78 is 0. The topological polar surface area (TPSA) is 161 Å². The maximum Gasteiger partial charge on any atom is 0.328 e. The molecule has 2 aromatic rings. The molecule has 0 radical (unpaired) electrons. The average molecular weight is 440 g/mol. The molecule has 0 aromatic carbocycles. The molecule has 4 N–H and O–H groups in total. The predicted octanol–water partition coefficient (Wildman–Crippen LogP) is 1.11. The Bertz CT molecular complexity index is 1080. The van der Waals surface area contributed by atoms with Gasteiger partial charge in [-0.15, -0.1) is 0 Å². The molecule has 0 saturated carbocycles. The summed E-state index contributed by atoms with van der Waals surface area (Å²) in [4.78, 5) is 45.0. The highest BCUT2D eigenvalue weighted by Crippen LogP contribution is 2.23. The Morgan fingerprint density at radius 2 is 1.78 bits per heavy atom. The van der Waals surface area contributed by atoms with Crippen molar-refractivity contribution in [2.75, 3.05) is 14.1 Å². The third kappa shape index (κ3) is 6.44. The number of carboxylic acids is 2. The van der Waals surface area contributed by atoms with Crippen LogP contribution >= 0.6 is 0 Å². The van der Waals surface area contributed by atoms with Crippen LogP contribution in [0.1, 0.15) is 28.2 Å². The SMILES string of the molecule is Cc1[nH]c(C=C2C(=O)NN=C2c2cnccn2)c(C)c1CN(C)C.O=C(O)C=CC(=O)O. The number of aromatic nitrogens is 3. The Kier molecular flexibility index (Phi) is 8.13. The second kappa shape index (κ2) is 10.8. The van der Waals surface area contributed by atoms with Gasteiger partial charge < -0.3 is 20.1 Å². The van der Waals surface area contributed by atoms with Crippen molar-refractivity contribution in [2.24, 2.45) is 5.10 Å². The van der Waals surface area contributed by atoms with Crippen molar-refractivity contribution in [1.82, 2.24) is 25.3 Å².